The number of thioether (sulfide) groups is 1. The van der Waals surface area contributed by atoms with E-state index >= 15 is 0 Å². The van der Waals surface area contributed by atoms with Crippen molar-refractivity contribution in [1.29, 1.82) is 0 Å². The molecule has 0 aliphatic carbocycles. The van der Waals surface area contributed by atoms with E-state index in [-0.39, 0.29) is 11.5 Å². The van der Waals surface area contributed by atoms with E-state index in [0.29, 0.717) is 22.6 Å². The van der Waals surface area contributed by atoms with Gasteiger partial charge in [0.1, 0.15) is 11.5 Å². The average molecular weight is 382 g/mol. The van der Waals surface area contributed by atoms with E-state index in [2.05, 4.69) is 9.47 Å². The van der Waals surface area contributed by atoms with E-state index in [1.54, 1.807) is 12.1 Å². The first-order chi connectivity index (χ1) is 11.6. The Hall–Kier alpha value is -2.03. The van der Waals surface area contributed by atoms with Crippen molar-refractivity contribution in [3.63, 3.8) is 0 Å². The van der Waals surface area contributed by atoms with Gasteiger partial charge in [-0.1, -0.05) is 24.3 Å². The van der Waals surface area contributed by atoms with Gasteiger partial charge in [0.05, 0.1) is 0 Å². The van der Waals surface area contributed by atoms with Crippen molar-refractivity contribution in [2.24, 2.45) is 0 Å². The molecule has 2 rings (SSSR count). The fourth-order valence-corrected chi connectivity index (χ4v) is 2.88. The number of rotatable bonds is 6. The summed E-state index contributed by atoms with van der Waals surface area (Å²) in [4.78, 5) is 0. The second kappa shape index (κ2) is 7.90. The second-order valence-electron chi connectivity index (χ2n) is 4.88. The summed E-state index contributed by atoms with van der Waals surface area (Å²) in [7, 11) is 0. The van der Waals surface area contributed by atoms with E-state index in [9.17, 15) is 26.3 Å². The van der Waals surface area contributed by atoms with Crippen LogP contribution in [-0.2, 0) is 11.5 Å². The summed E-state index contributed by atoms with van der Waals surface area (Å²) in [6.45, 7) is 0. The number of hydrogen-bond donors (Lipinski definition) is 0. The minimum absolute atomic E-state index is 0.314. The van der Waals surface area contributed by atoms with Crippen molar-refractivity contribution in [1.82, 2.24) is 0 Å². The molecule has 25 heavy (non-hydrogen) atoms. The molecule has 0 atom stereocenters. The molecule has 0 N–H and O–H groups in total. The Labute approximate surface area is 143 Å². The van der Waals surface area contributed by atoms with Crippen LogP contribution in [0.25, 0.3) is 0 Å². The monoisotopic (exact) mass is 382 g/mol. The van der Waals surface area contributed by atoms with Crippen LogP contribution in [0.4, 0.5) is 26.3 Å². The maximum absolute atomic E-state index is 12.2. The molecule has 136 valence electrons. The molecule has 0 amide bonds. The summed E-state index contributed by atoms with van der Waals surface area (Å²) >= 11 is 1.34. The second-order valence-corrected chi connectivity index (χ2v) is 5.87. The molecule has 0 aliphatic heterocycles. The molecule has 0 aliphatic rings. The summed E-state index contributed by atoms with van der Waals surface area (Å²) in [6, 6.07) is 11.1. The van der Waals surface area contributed by atoms with Gasteiger partial charge in [-0.15, -0.1) is 26.3 Å². The Bertz CT molecular complexity index is 640. The maximum Gasteiger partial charge on any atom is 0.573 e. The lowest BCUT2D eigenvalue weighted by Crippen LogP contribution is -2.17. The highest BCUT2D eigenvalue weighted by atomic mass is 32.2. The Balaban J connectivity index is 1.91. The zero-order valence-electron chi connectivity index (χ0n) is 12.5. The number of hydrogen-bond acceptors (Lipinski definition) is 3. The molecule has 0 spiro atoms. The molecule has 0 fully saturated rings. The third kappa shape index (κ3) is 7.59. The van der Waals surface area contributed by atoms with E-state index < -0.39 is 12.7 Å². The van der Waals surface area contributed by atoms with E-state index in [1.807, 2.05) is 0 Å². The van der Waals surface area contributed by atoms with Crippen LogP contribution in [0.2, 0.25) is 0 Å². The van der Waals surface area contributed by atoms with Gasteiger partial charge in [-0.25, -0.2) is 0 Å². The molecule has 2 nitrogen and oxygen atoms in total. The van der Waals surface area contributed by atoms with Crippen molar-refractivity contribution >= 4 is 11.8 Å². The highest BCUT2D eigenvalue weighted by Gasteiger charge is 2.31. The SMILES string of the molecule is FC(F)(F)Oc1cccc(CSCc2cccc(OC(F)(F)F)c2)c1. The van der Waals surface area contributed by atoms with Crippen LogP contribution in [0.3, 0.4) is 0 Å². The van der Waals surface area contributed by atoms with Gasteiger partial charge in [0, 0.05) is 11.5 Å². The maximum atomic E-state index is 12.2. The molecule has 0 heterocycles. The van der Waals surface area contributed by atoms with Crippen LogP contribution in [0.1, 0.15) is 11.1 Å². The Kier molecular flexibility index (Phi) is 6.10. The Morgan fingerprint density at radius 3 is 1.44 bits per heavy atom. The van der Waals surface area contributed by atoms with Crippen molar-refractivity contribution < 1.29 is 35.8 Å². The molecule has 0 saturated carbocycles. The lowest BCUT2D eigenvalue weighted by Gasteiger charge is -2.11. The zero-order chi connectivity index (χ0) is 18.5. The van der Waals surface area contributed by atoms with Gasteiger partial charge in [-0.05, 0) is 35.4 Å². The molecule has 0 unspecified atom stereocenters. The van der Waals surface area contributed by atoms with Crippen LogP contribution in [0, 0.1) is 0 Å². The van der Waals surface area contributed by atoms with Gasteiger partial charge < -0.3 is 9.47 Å². The number of halogens is 6. The molecule has 0 aromatic heterocycles. The molecule has 9 heteroatoms. The quantitative estimate of drug-likeness (QED) is 0.578. The summed E-state index contributed by atoms with van der Waals surface area (Å²) in [5.41, 5.74) is 1.21. The first-order valence-corrected chi connectivity index (χ1v) is 8.03. The van der Waals surface area contributed by atoms with Crippen LogP contribution in [0.15, 0.2) is 48.5 Å². The van der Waals surface area contributed by atoms with E-state index in [4.69, 9.17) is 0 Å². The highest BCUT2D eigenvalue weighted by molar-refractivity contribution is 7.97. The Morgan fingerprint density at radius 2 is 1.08 bits per heavy atom. The van der Waals surface area contributed by atoms with Gasteiger partial charge in [0.25, 0.3) is 0 Å². The van der Waals surface area contributed by atoms with Gasteiger partial charge in [-0.2, -0.15) is 11.8 Å². The first-order valence-electron chi connectivity index (χ1n) is 6.88. The number of benzene rings is 2. The van der Waals surface area contributed by atoms with Crippen molar-refractivity contribution in [3.8, 4) is 11.5 Å². The standard InChI is InChI=1S/C16H12F6O2S/c17-15(18,19)23-13-5-1-3-11(7-13)9-25-10-12-4-2-6-14(8-12)24-16(20,21)22/h1-8H,9-10H2. The predicted molar refractivity (Wildman–Crippen MR) is 81.2 cm³/mol. The lowest BCUT2D eigenvalue weighted by molar-refractivity contribution is -0.275. The topological polar surface area (TPSA) is 18.5 Å². The van der Waals surface area contributed by atoms with Gasteiger partial charge in [0.15, 0.2) is 0 Å². The Morgan fingerprint density at radius 1 is 0.680 bits per heavy atom. The minimum atomic E-state index is -4.76. The molecule has 2 aromatic carbocycles. The largest absolute Gasteiger partial charge is 0.573 e. The highest BCUT2D eigenvalue weighted by Crippen LogP contribution is 2.27. The van der Waals surface area contributed by atoms with Crippen LogP contribution < -0.4 is 9.47 Å². The molecule has 0 saturated heterocycles. The normalized spacial score (nSPS) is 12.1. The third-order valence-corrected chi connectivity index (χ3v) is 3.88. The van der Waals surface area contributed by atoms with Crippen molar-refractivity contribution in [3.05, 3.63) is 59.7 Å². The molecular weight excluding hydrogens is 370 g/mol. The minimum Gasteiger partial charge on any atom is -0.406 e. The van der Waals surface area contributed by atoms with Gasteiger partial charge in [0.2, 0.25) is 0 Å². The van der Waals surface area contributed by atoms with Gasteiger partial charge >= 0.3 is 12.7 Å². The van der Waals surface area contributed by atoms with Crippen molar-refractivity contribution in [2.45, 2.75) is 24.2 Å². The summed E-state index contributed by atoms with van der Waals surface area (Å²) < 4.78 is 80.8. The third-order valence-electron chi connectivity index (χ3n) is 2.80. The lowest BCUT2D eigenvalue weighted by atomic mass is 10.2. The fourth-order valence-electron chi connectivity index (χ4n) is 1.95. The summed E-state index contributed by atoms with van der Waals surface area (Å²) in [6.07, 6.45) is -9.52. The number of ether oxygens (including phenoxy) is 2. The molecule has 2 aromatic rings. The molecular formula is C16H12F6O2S. The first kappa shape index (κ1) is 19.3. The molecule has 0 bridgehead atoms. The predicted octanol–water partition coefficient (Wildman–Crippen LogP) is 5.92. The molecule has 0 radical (unpaired) electrons. The van der Waals surface area contributed by atoms with Crippen LogP contribution in [0.5, 0.6) is 11.5 Å². The summed E-state index contributed by atoms with van der Waals surface area (Å²) in [5, 5.41) is 0. The van der Waals surface area contributed by atoms with Crippen LogP contribution >= 0.6 is 11.8 Å². The zero-order valence-corrected chi connectivity index (χ0v) is 13.3. The number of alkyl halides is 6. The fraction of sp³-hybridized carbons (Fsp3) is 0.250. The van der Waals surface area contributed by atoms with Crippen LogP contribution in [-0.4, -0.2) is 12.7 Å². The van der Waals surface area contributed by atoms with Gasteiger partial charge in [-0.3, -0.25) is 0 Å². The average Bonchev–Trinajstić information content (AvgIpc) is 2.44. The van der Waals surface area contributed by atoms with E-state index in [0.717, 1.165) is 0 Å². The van der Waals surface area contributed by atoms with E-state index in [1.165, 1.54) is 48.2 Å². The summed E-state index contributed by atoms with van der Waals surface area (Å²) in [5.74, 6) is 0.121. The van der Waals surface area contributed by atoms with Crippen molar-refractivity contribution in [2.75, 3.05) is 0 Å². The smallest absolute Gasteiger partial charge is 0.406 e.